The number of hydrogen-bond donors (Lipinski definition) is 1. The lowest BCUT2D eigenvalue weighted by molar-refractivity contribution is -0.247. The fraction of sp³-hybridized carbons (Fsp3) is 0.323. The zero-order chi connectivity index (χ0) is 30.7. The van der Waals surface area contributed by atoms with Crippen molar-refractivity contribution in [3.8, 4) is 11.3 Å². The fourth-order valence-corrected chi connectivity index (χ4v) is 5.23. The van der Waals surface area contributed by atoms with Gasteiger partial charge in [-0.2, -0.15) is 0 Å². The standard InChI is InChI=1S/C31H31N3O9/c1-17(35)39-16-24-27(40-18(2)36)28(41-19(3)37)29(42-20(4)38)31(43-24)33-30-26(32-25-14-7-8-15-34(25)30)23-13-9-11-21-10-5-6-12-22(21)23/h5-15,24,27-29,31,33H,16H2,1-4H3/t24-,27-,28+,29-,31-/m1/s1. The summed E-state index contributed by atoms with van der Waals surface area (Å²) in [5.41, 5.74) is 2.03. The van der Waals surface area contributed by atoms with Gasteiger partial charge in [0.15, 0.2) is 24.5 Å². The Morgan fingerprint density at radius 3 is 2.16 bits per heavy atom. The summed E-state index contributed by atoms with van der Waals surface area (Å²) in [4.78, 5) is 53.3. The number of ether oxygens (including phenoxy) is 5. The van der Waals surface area contributed by atoms with Crippen LogP contribution in [0.2, 0.25) is 0 Å². The van der Waals surface area contributed by atoms with Crippen molar-refractivity contribution in [3.05, 3.63) is 66.9 Å². The molecule has 0 bridgehead atoms. The molecule has 1 saturated heterocycles. The second-order valence-electron chi connectivity index (χ2n) is 10.0. The van der Waals surface area contributed by atoms with Gasteiger partial charge in [0.05, 0.1) is 0 Å². The molecule has 2 aromatic heterocycles. The second-order valence-corrected chi connectivity index (χ2v) is 10.0. The van der Waals surface area contributed by atoms with Crippen molar-refractivity contribution in [2.24, 2.45) is 0 Å². The number of esters is 4. The van der Waals surface area contributed by atoms with Crippen LogP contribution in [0.3, 0.4) is 0 Å². The number of aromatic nitrogens is 2. The van der Waals surface area contributed by atoms with Crippen LogP contribution in [0.1, 0.15) is 27.7 Å². The van der Waals surface area contributed by atoms with Crippen LogP contribution in [0.4, 0.5) is 5.82 Å². The van der Waals surface area contributed by atoms with Crippen molar-refractivity contribution in [2.75, 3.05) is 11.9 Å². The van der Waals surface area contributed by atoms with Crippen molar-refractivity contribution < 1.29 is 42.9 Å². The van der Waals surface area contributed by atoms with E-state index in [-0.39, 0.29) is 6.61 Å². The molecule has 0 amide bonds. The monoisotopic (exact) mass is 589 g/mol. The second kappa shape index (κ2) is 12.5. The van der Waals surface area contributed by atoms with E-state index in [0.717, 1.165) is 16.3 Å². The van der Waals surface area contributed by atoms with E-state index in [1.54, 1.807) is 0 Å². The van der Waals surface area contributed by atoms with E-state index < -0.39 is 54.5 Å². The number of nitrogens with zero attached hydrogens (tertiary/aromatic N) is 2. The summed E-state index contributed by atoms with van der Waals surface area (Å²) in [6, 6.07) is 19.3. The first kappa shape index (κ1) is 29.5. The number of carbonyl (C=O) groups is 4. The third-order valence-corrected chi connectivity index (χ3v) is 6.84. The van der Waals surface area contributed by atoms with Gasteiger partial charge < -0.3 is 29.0 Å². The summed E-state index contributed by atoms with van der Waals surface area (Å²) in [5, 5.41) is 5.28. The van der Waals surface area contributed by atoms with Gasteiger partial charge in [-0.15, -0.1) is 0 Å². The first-order chi connectivity index (χ1) is 20.6. The quantitative estimate of drug-likeness (QED) is 0.238. The number of fused-ring (bicyclic) bond motifs is 2. The molecule has 0 aliphatic carbocycles. The lowest BCUT2D eigenvalue weighted by Gasteiger charge is -2.44. The molecule has 3 heterocycles. The number of benzene rings is 2. The average Bonchev–Trinajstić information content (AvgIpc) is 3.32. The minimum Gasteiger partial charge on any atom is -0.463 e. The van der Waals surface area contributed by atoms with E-state index in [0.29, 0.717) is 17.2 Å². The highest BCUT2D eigenvalue weighted by Crippen LogP contribution is 2.36. The summed E-state index contributed by atoms with van der Waals surface area (Å²) < 4.78 is 30.0. The minimum atomic E-state index is -1.31. The van der Waals surface area contributed by atoms with Crippen LogP contribution in [0.15, 0.2) is 66.9 Å². The molecule has 0 radical (unpaired) electrons. The van der Waals surface area contributed by atoms with Gasteiger partial charge in [0.25, 0.3) is 0 Å². The Balaban J connectivity index is 1.64. The largest absolute Gasteiger partial charge is 0.463 e. The molecule has 224 valence electrons. The molecule has 1 N–H and O–H groups in total. The van der Waals surface area contributed by atoms with E-state index in [1.165, 1.54) is 27.7 Å². The highest BCUT2D eigenvalue weighted by Gasteiger charge is 2.52. The van der Waals surface area contributed by atoms with Gasteiger partial charge in [-0.25, -0.2) is 4.98 Å². The number of nitrogens with one attached hydrogen (secondary N) is 1. The molecule has 1 aliphatic heterocycles. The van der Waals surface area contributed by atoms with Gasteiger partial charge in [0.2, 0.25) is 0 Å². The summed E-state index contributed by atoms with van der Waals surface area (Å²) in [7, 11) is 0. The molecule has 5 atom stereocenters. The molecule has 1 aliphatic rings. The fourth-order valence-electron chi connectivity index (χ4n) is 5.23. The molecule has 0 spiro atoms. The first-order valence-corrected chi connectivity index (χ1v) is 13.6. The Labute approximate surface area is 246 Å². The van der Waals surface area contributed by atoms with Crippen LogP contribution in [-0.2, 0) is 42.9 Å². The summed E-state index contributed by atoms with van der Waals surface area (Å²) >= 11 is 0. The Morgan fingerprint density at radius 1 is 0.791 bits per heavy atom. The number of pyridine rings is 1. The number of hydrogen-bond acceptors (Lipinski definition) is 11. The molecule has 12 heteroatoms. The molecule has 43 heavy (non-hydrogen) atoms. The van der Waals surface area contributed by atoms with Crippen molar-refractivity contribution >= 4 is 46.1 Å². The van der Waals surface area contributed by atoms with Crippen molar-refractivity contribution in [1.29, 1.82) is 0 Å². The molecular weight excluding hydrogens is 558 g/mol. The molecular formula is C31H31N3O9. The Hall–Kier alpha value is -4.97. The van der Waals surface area contributed by atoms with Crippen LogP contribution in [-0.4, -0.2) is 70.5 Å². The van der Waals surface area contributed by atoms with Crippen LogP contribution < -0.4 is 5.32 Å². The molecule has 4 aromatic rings. The lowest BCUT2D eigenvalue weighted by Crippen LogP contribution is -2.64. The third-order valence-electron chi connectivity index (χ3n) is 6.84. The predicted molar refractivity (Wildman–Crippen MR) is 154 cm³/mol. The van der Waals surface area contributed by atoms with E-state index >= 15 is 0 Å². The van der Waals surface area contributed by atoms with Gasteiger partial charge in [0, 0.05) is 39.5 Å². The van der Waals surface area contributed by atoms with Gasteiger partial charge in [-0.1, -0.05) is 48.5 Å². The summed E-state index contributed by atoms with van der Waals surface area (Å²) in [5.74, 6) is -2.21. The van der Waals surface area contributed by atoms with Gasteiger partial charge >= 0.3 is 23.9 Å². The molecule has 12 nitrogen and oxygen atoms in total. The van der Waals surface area contributed by atoms with Gasteiger partial charge in [-0.05, 0) is 22.9 Å². The molecule has 0 saturated carbocycles. The smallest absolute Gasteiger partial charge is 0.303 e. The minimum absolute atomic E-state index is 0.334. The van der Waals surface area contributed by atoms with E-state index in [4.69, 9.17) is 28.7 Å². The van der Waals surface area contributed by atoms with E-state index in [1.807, 2.05) is 71.3 Å². The number of anilines is 1. The topological polar surface area (TPSA) is 144 Å². The Morgan fingerprint density at radius 2 is 1.44 bits per heavy atom. The maximum Gasteiger partial charge on any atom is 0.303 e. The Kier molecular flexibility index (Phi) is 8.58. The van der Waals surface area contributed by atoms with Crippen LogP contribution in [0.5, 0.6) is 0 Å². The first-order valence-electron chi connectivity index (χ1n) is 13.6. The highest BCUT2D eigenvalue weighted by atomic mass is 16.7. The number of imidazole rings is 1. The SMILES string of the molecule is CC(=O)OC[C@H]1O[C@@H](Nc2c(-c3cccc4ccccc34)nc3ccccn23)[C@H](OC(C)=O)[C@@H](OC(C)=O)[C@@H]1OC(C)=O. The maximum atomic E-state index is 12.3. The van der Waals surface area contributed by atoms with E-state index in [9.17, 15) is 19.2 Å². The highest BCUT2D eigenvalue weighted by molar-refractivity contribution is 5.98. The van der Waals surface area contributed by atoms with Crippen molar-refractivity contribution in [3.63, 3.8) is 0 Å². The zero-order valence-electron chi connectivity index (χ0n) is 24.0. The van der Waals surface area contributed by atoms with Crippen LogP contribution in [0.25, 0.3) is 27.7 Å². The molecule has 5 rings (SSSR count). The predicted octanol–water partition coefficient (Wildman–Crippen LogP) is 3.65. The van der Waals surface area contributed by atoms with E-state index in [2.05, 4.69) is 5.32 Å². The van der Waals surface area contributed by atoms with Crippen molar-refractivity contribution in [2.45, 2.75) is 58.3 Å². The van der Waals surface area contributed by atoms with Gasteiger partial charge in [-0.3, -0.25) is 23.6 Å². The third kappa shape index (κ3) is 6.44. The lowest BCUT2D eigenvalue weighted by atomic mass is 9.97. The molecule has 1 fully saturated rings. The Bertz CT molecular complexity index is 1680. The zero-order valence-corrected chi connectivity index (χ0v) is 24.0. The molecule has 0 unspecified atom stereocenters. The number of carbonyl (C=O) groups excluding carboxylic acids is 4. The summed E-state index contributed by atoms with van der Waals surface area (Å²) in [6.45, 7) is 4.44. The molecule has 2 aromatic carbocycles. The normalized spacial score (nSPS) is 21.6. The van der Waals surface area contributed by atoms with Gasteiger partial charge in [0.1, 0.15) is 29.9 Å². The summed E-state index contributed by atoms with van der Waals surface area (Å²) in [6.07, 6.45) is -4.31. The number of rotatable bonds is 8. The average molecular weight is 590 g/mol. The van der Waals surface area contributed by atoms with Crippen LogP contribution >= 0.6 is 0 Å². The van der Waals surface area contributed by atoms with Crippen molar-refractivity contribution in [1.82, 2.24) is 9.38 Å². The van der Waals surface area contributed by atoms with Crippen LogP contribution in [0, 0.1) is 0 Å². The maximum absolute atomic E-state index is 12.3.